The van der Waals surface area contributed by atoms with E-state index >= 15 is 0 Å². The second-order valence-corrected chi connectivity index (χ2v) is 6.43. The van der Waals surface area contributed by atoms with Crippen LogP contribution < -0.4 is 16.2 Å². The second-order valence-electron chi connectivity index (χ2n) is 5.43. The Kier molecular flexibility index (Phi) is 2.85. The molecule has 0 aromatic carbocycles. The van der Waals surface area contributed by atoms with E-state index in [2.05, 4.69) is 26.8 Å². The molecule has 3 heterocycles. The Labute approximate surface area is 121 Å². The van der Waals surface area contributed by atoms with E-state index in [0.29, 0.717) is 11.7 Å². The minimum Gasteiger partial charge on any atom is -0.352 e. The average molecular weight is 287 g/mol. The van der Waals surface area contributed by atoms with E-state index in [4.69, 9.17) is 10.8 Å². The van der Waals surface area contributed by atoms with Crippen LogP contribution in [0, 0.1) is 0 Å². The number of fused-ring (bicyclic) bond motifs is 1. The van der Waals surface area contributed by atoms with Gasteiger partial charge in [0.15, 0.2) is 0 Å². The lowest BCUT2D eigenvalue weighted by Crippen LogP contribution is -2.30. The van der Waals surface area contributed by atoms with E-state index in [-0.39, 0.29) is 0 Å². The van der Waals surface area contributed by atoms with Crippen molar-refractivity contribution >= 4 is 23.0 Å². The summed E-state index contributed by atoms with van der Waals surface area (Å²) in [5.41, 5.74) is 4.09. The number of hydrazine groups is 1. The molecule has 0 unspecified atom stereocenters. The van der Waals surface area contributed by atoms with E-state index in [9.17, 15) is 0 Å². The lowest BCUT2D eigenvalue weighted by molar-refractivity contribution is 0.724. The van der Waals surface area contributed by atoms with E-state index in [1.807, 2.05) is 17.4 Å². The molecule has 5 nitrogen and oxygen atoms in total. The van der Waals surface area contributed by atoms with Crippen LogP contribution in [0.1, 0.15) is 35.0 Å². The zero-order valence-electron chi connectivity index (χ0n) is 11.2. The van der Waals surface area contributed by atoms with Crippen molar-refractivity contribution in [2.45, 2.75) is 31.7 Å². The van der Waals surface area contributed by atoms with Gasteiger partial charge in [-0.1, -0.05) is 0 Å². The summed E-state index contributed by atoms with van der Waals surface area (Å²) in [6, 6.07) is 4.17. The molecule has 104 valence electrons. The van der Waals surface area contributed by atoms with Crippen LogP contribution in [0.15, 0.2) is 17.5 Å². The third-order valence-corrected chi connectivity index (χ3v) is 4.97. The average Bonchev–Trinajstić information content (AvgIpc) is 3.24. The van der Waals surface area contributed by atoms with E-state index in [1.54, 1.807) is 0 Å². The van der Waals surface area contributed by atoms with Crippen LogP contribution in [0.2, 0.25) is 0 Å². The minimum atomic E-state index is 0.531. The Bertz CT molecular complexity index is 634. The molecule has 1 saturated carbocycles. The highest BCUT2D eigenvalue weighted by Crippen LogP contribution is 2.39. The second kappa shape index (κ2) is 4.71. The van der Waals surface area contributed by atoms with E-state index < -0.39 is 0 Å². The number of nitrogen functional groups attached to an aromatic ring is 1. The van der Waals surface area contributed by atoms with Crippen LogP contribution in [0.25, 0.3) is 0 Å². The lowest BCUT2D eigenvalue weighted by Gasteiger charge is -2.28. The number of rotatable bonds is 3. The molecule has 6 heteroatoms. The first-order chi connectivity index (χ1) is 9.83. The Balaban J connectivity index is 1.66. The standard InChI is InChI=1S/C14H17N5S/c15-18-12-7-13(17-14(16-12)9-1-2-9)19-5-3-11-10(8-19)4-6-20-11/h4,6-7,9H,1-3,5,8,15H2,(H,16,17,18). The number of nitrogens with two attached hydrogens (primary N) is 1. The Morgan fingerprint density at radius 1 is 1.35 bits per heavy atom. The van der Waals surface area contributed by atoms with Crippen molar-refractivity contribution in [2.75, 3.05) is 16.9 Å². The van der Waals surface area contributed by atoms with Gasteiger partial charge in [0.2, 0.25) is 0 Å². The summed E-state index contributed by atoms with van der Waals surface area (Å²) in [7, 11) is 0. The van der Waals surface area contributed by atoms with Gasteiger partial charge in [0.25, 0.3) is 0 Å². The fourth-order valence-electron chi connectivity index (χ4n) is 2.66. The molecule has 1 fully saturated rings. The number of anilines is 2. The van der Waals surface area contributed by atoms with Gasteiger partial charge in [0.05, 0.1) is 0 Å². The van der Waals surface area contributed by atoms with E-state index in [1.165, 1.54) is 23.3 Å². The van der Waals surface area contributed by atoms with Crippen molar-refractivity contribution in [3.8, 4) is 0 Å². The molecule has 1 aliphatic carbocycles. The Morgan fingerprint density at radius 3 is 3.05 bits per heavy atom. The molecule has 0 spiro atoms. The van der Waals surface area contributed by atoms with Crippen molar-refractivity contribution in [1.82, 2.24) is 9.97 Å². The molecule has 2 aromatic rings. The van der Waals surface area contributed by atoms with Crippen LogP contribution in [-0.4, -0.2) is 16.5 Å². The van der Waals surface area contributed by atoms with Crippen molar-refractivity contribution in [2.24, 2.45) is 5.84 Å². The third-order valence-electron chi connectivity index (χ3n) is 3.95. The molecule has 2 aromatic heterocycles. The number of hydrogen-bond acceptors (Lipinski definition) is 6. The minimum absolute atomic E-state index is 0.531. The van der Waals surface area contributed by atoms with Crippen LogP contribution in [0.3, 0.4) is 0 Å². The quantitative estimate of drug-likeness (QED) is 0.669. The monoisotopic (exact) mass is 287 g/mol. The molecule has 3 N–H and O–H groups in total. The molecule has 0 bridgehead atoms. The SMILES string of the molecule is NNc1cc(N2CCc3sccc3C2)nc(C2CC2)n1. The molecule has 0 atom stereocenters. The first-order valence-corrected chi connectivity index (χ1v) is 7.87. The zero-order chi connectivity index (χ0) is 13.5. The van der Waals surface area contributed by atoms with Gasteiger partial charge < -0.3 is 10.3 Å². The van der Waals surface area contributed by atoms with Gasteiger partial charge in [-0.2, -0.15) is 0 Å². The van der Waals surface area contributed by atoms with Gasteiger partial charge in [-0.15, -0.1) is 11.3 Å². The molecule has 2 aliphatic rings. The first-order valence-electron chi connectivity index (χ1n) is 6.99. The summed E-state index contributed by atoms with van der Waals surface area (Å²) in [4.78, 5) is 13.1. The molecular formula is C14H17N5S. The summed E-state index contributed by atoms with van der Waals surface area (Å²) < 4.78 is 0. The van der Waals surface area contributed by atoms with Crippen molar-refractivity contribution in [3.05, 3.63) is 33.8 Å². The van der Waals surface area contributed by atoms with Crippen LogP contribution >= 0.6 is 11.3 Å². The van der Waals surface area contributed by atoms with Crippen molar-refractivity contribution in [1.29, 1.82) is 0 Å². The smallest absolute Gasteiger partial charge is 0.145 e. The highest BCUT2D eigenvalue weighted by atomic mass is 32.1. The van der Waals surface area contributed by atoms with Gasteiger partial charge in [0.1, 0.15) is 17.5 Å². The van der Waals surface area contributed by atoms with Crippen LogP contribution in [0.5, 0.6) is 0 Å². The molecule has 0 amide bonds. The summed E-state index contributed by atoms with van der Waals surface area (Å²) in [6.07, 6.45) is 3.49. The fourth-order valence-corrected chi connectivity index (χ4v) is 3.55. The van der Waals surface area contributed by atoms with Gasteiger partial charge in [0, 0.05) is 30.0 Å². The van der Waals surface area contributed by atoms with Gasteiger partial charge in [-0.25, -0.2) is 15.8 Å². The van der Waals surface area contributed by atoms with Crippen molar-refractivity contribution < 1.29 is 0 Å². The first kappa shape index (κ1) is 12.1. The van der Waals surface area contributed by atoms with Gasteiger partial charge in [-0.05, 0) is 36.3 Å². The largest absolute Gasteiger partial charge is 0.352 e. The topological polar surface area (TPSA) is 67.1 Å². The summed E-state index contributed by atoms with van der Waals surface area (Å²) in [5, 5.41) is 2.18. The predicted molar refractivity (Wildman–Crippen MR) is 80.9 cm³/mol. The van der Waals surface area contributed by atoms with Crippen molar-refractivity contribution in [3.63, 3.8) is 0 Å². The summed E-state index contributed by atoms with van der Waals surface area (Å²) >= 11 is 1.86. The molecule has 0 radical (unpaired) electrons. The lowest BCUT2D eigenvalue weighted by atomic mass is 10.1. The summed E-state index contributed by atoms with van der Waals surface area (Å²) in [5.74, 6) is 8.72. The van der Waals surface area contributed by atoms with Crippen LogP contribution in [0.4, 0.5) is 11.6 Å². The number of nitrogens with one attached hydrogen (secondary N) is 1. The number of hydrogen-bond donors (Lipinski definition) is 2. The normalized spacial score (nSPS) is 17.9. The Hall–Kier alpha value is -1.66. The fraction of sp³-hybridized carbons (Fsp3) is 0.429. The number of nitrogens with zero attached hydrogens (tertiary/aromatic N) is 3. The zero-order valence-corrected chi connectivity index (χ0v) is 12.0. The van der Waals surface area contributed by atoms with E-state index in [0.717, 1.165) is 31.2 Å². The maximum absolute atomic E-state index is 5.54. The van der Waals surface area contributed by atoms with Gasteiger partial charge in [-0.3, -0.25) is 0 Å². The van der Waals surface area contributed by atoms with Crippen LogP contribution in [-0.2, 0) is 13.0 Å². The number of aromatic nitrogens is 2. The highest BCUT2D eigenvalue weighted by molar-refractivity contribution is 7.10. The molecule has 0 saturated heterocycles. The number of thiophene rings is 1. The maximum atomic E-state index is 5.54. The highest BCUT2D eigenvalue weighted by Gasteiger charge is 2.28. The third kappa shape index (κ3) is 2.14. The molecule has 1 aliphatic heterocycles. The Morgan fingerprint density at radius 2 is 2.25 bits per heavy atom. The summed E-state index contributed by atoms with van der Waals surface area (Å²) in [6.45, 7) is 1.95. The maximum Gasteiger partial charge on any atom is 0.145 e. The molecule has 4 rings (SSSR count). The predicted octanol–water partition coefficient (Wildman–Crippen LogP) is 2.26. The molecular weight excluding hydrogens is 270 g/mol. The molecule has 20 heavy (non-hydrogen) atoms. The van der Waals surface area contributed by atoms with Gasteiger partial charge >= 0.3 is 0 Å².